The number of carbonyl (C=O) groups excluding carboxylic acids is 2. The van der Waals surface area contributed by atoms with Crippen molar-refractivity contribution in [3.63, 3.8) is 0 Å². The number of carbonyl (C=O) groups is 3. The van der Waals surface area contributed by atoms with Crippen LogP contribution in [0.4, 0.5) is 0 Å². The van der Waals surface area contributed by atoms with Crippen molar-refractivity contribution in [1.82, 2.24) is 9.80 Å². The molecule has 10 unspecified atom stereocenters. The van der Waals surface area contributed by atoms with E-state index in [-0.39, 0.29) is 42.2 Å². The lowest BCUT2D eigenvalue weighted by molar-refractivity contribution is -0.214. The fraction of sp³-hybridized carbons (Fsp3) is 0.850. The Hall–Kier alpha value is -1.67. The predicted octanol–water partition coefficient (Wildman–Crippen LogP) is -0.388. The lowest BCUT2D eigenvalue weighted by Crippen LogP contribution is -2.60. The molecule has 0 aromatic carbocycles. The fourth-order valence-electron chi connectivity index (χ4n) is 8.67. The summed E-state index contributed by atoms with van der Waals surface area (Å²) in [6, 6.07) is -0.220. The molecule has 0 aromatic heterocycles. The molecular formula is C20H26N2O6. The van der Waals surface area contributed by atoms with Crippen molar-refractivity contribution in [3.8, 4) is 0 Å². The summed E-state index contributed by atoms with van der Waals surface area (Å²) in [5, 5.41) is 20.2. The minimum absolute atomic E-state index is 0.0749. The van der Waals surface area contributed by atoms with Crippen LogP contribution in [0.5, 0.6) is 0 Å². The average molecular weight is 390 g/mol. The number of hydrogen-bond acceptors (Lipinski definition) is 5. The minimum atomic E-state index is -1.14. The summed E-state index contributed by atoms with van der Waals surface area (Å²) >= 11 is 0. The molecule has 5 saturated carbocycles. The maximum atomic E-state index is 13.8. The second-order valence-corrected chi connectivity index (χ2v) is 10.1. The zero-order valence-corrected chi connectivity index (χ0v) is 16.2. The van der Waals surface area contributed by atoms with Gasteiger partial charge in [0.05, 0.1) is 0 Å². The highest BCUT2D eigenvalue weighted by atomic mass is 16.7. The van der Waals surface area contributed by atoms with Gasteiger partial charge in [0.15, 0.2) is 11.4 Å². The molecule has 7 fully saturated rings. The van der Waals surface area contributed by atoms with Crippen molar-refractivity contribution < 1.29 is 29.3 Å². The molecule has 0 radical (unpaired) electrons. The molecule has 4 bridgehead atoms. The van der Waals surface area contributed by atoms with Gasteiger partial charge in [0, 0.05) is 36.8 Å². The molecule has 28 heavy (non-hydrogen) atoms. The molecule has 8 heteroatoms. The van der Waals surface area contributed by atoms with Gasteiger partial charge in [0.1, 0.15) is 13.1 Å². The molecule has 152 valence electrons. The van der Waals surface area contributed by atoms with Gasteiger partial charge in [0.2, 0.25) is 5.91 Å². The summed E-state index contributed by atoms with van der Waals surface area (Å²) in [5.74, 6) is -0.500. The summed E-state index contributed by atoms with van der Waals surface area (Å²) in [6.45, 7) is 3.15. The van der Waals surface area contributed by atoms with Crippen molar-refractivity contribution >= 4 is 17.8 Å². The number of rotatable bonds is 6. The van der Waals surface area contributed by atoms with Gasteiger partial charge in [-0.15, -0.1) is 0 Å². The van der Waals surface area contributed by atoms with E-state index >= 15 is 0 Å². The van der Waals surface area contributed by atoms with Crippen molar-refractivity contribution in [3.05, 3.63) is 0 Å². The smallest absolute Gasteiger partial charge is 0.323 e. The zero-order chi connectivity index (χ0) is 19.9. The fourth-order valence-corrected chi connectivity index (χ4v) is 8.67. The van der Waals surface area contributed by atoms with Gasteiger partial charge in [-0.3, -0.25) is 14.4 Å². The van der Waals surface area contributed by atoms with Crippen LogP contribution in [0, 0.1) is 47.3 Å². The normalized spacial score (nSPS) is 52.0. The van der Waals surface area contributed by atoms with Gasteiger partial charge in [-0.1, -0.05) is 0 Å². The molecule has 0 aromatic rings. The number of aliphatic hydroxyl groups is 1. The molecule has 10 atom stereocenters. The van der Waals surface area contributed by atoms with E-state index in [9.17, 15) is 19.5 Å². The van der Waals surface area contributed by atoms with Gasteiger partial charge in [-0.05, 0) is 43.9 Å². The van der Waals surface area contributed by atoms with Crippen LogP contribution in [0.1, 0.15) is 20.3 Å². The Kier molecular flexibility index (Phi) is 2.90. The van der Waals surface area contributed by atoms with Crippen LogP contribution in [0.25, 0.3) is 0 Å². The van der Waals surface area contributed by atoms with Crippen LogP contribution in [0.15, 0.2) is 0 Å². The Morgan fingerprint density at radius 2 is 1.71 bits per heavy atom. The van der Waals surface area contributed by atoms with Crippen molar-refractivity contribution in [2.75, 3.05) is 20.1 Å². The van der Waals surface area contributed by atoms with Crippen molar-refractivity contribution in [2.45, 2.75) is 37.7 Å². The number of hydrogen-bond donors (Lipinski definition) is 2. The average Bonchev–Trinajstić information content (AvgIpc) is 3.22. The molecule has 0 spiro atoms. The Morgan fingerprint density at radius 1 is 1.07 bits per heavy atom. The first-order valence-electron chi connectivity index (χ1n) is 10.3. The van der Waals surface area contributed by atoms with Gasteiger partial charge >= 0.3 is 5.97 Å². The Balaban J connectivity index is 1.31. The number of ether oxygens (including phenoxy) is 1. The molecule has 5 aliphatic carbocycles. The van der Waals surface area contributed by atoms with Gasteiger partial charge in [0.25, 0.3) is 5.91 Å². The number of nitrogens with zero attached hydrogens (tertiary/aromatic N) is 2. The van der Waals surface area contributed by atoms with Crippen LogP contribution in [0.3, 0.4) is 0 Å². The number of carboxylic acids is 1. The number of aliphatic carboxylic acids is 1. The molecule has 2 saturated heterocycles. The second kappa shape index (κ2) is 4.73. The zero-order valence-electron chi connectivity index (χ0n) is 16.2. The Labute approximate surface area is 162 Å². The van der Waals surface area contributed by atoms with E-state index in [2.05, 4.69) is 0 Å². The number of amides is 2. The maximum absolute atomic E-state index is 13.8. The number of likely N-dealkylation sites (N-methyl/N-ethyl adjacent to an activating group) is 1. The van der Waals surface area contributed by atoms with Crippen LogP contribution < -0.4 is 0 Å². The van der Waals surface area contributed by atoms with Crippen LogP contribution in [0.2, 0.25) is 0 Å². The monoisotopic (exact) mass is 390 g/mol. The van der Waals surface area contributed by atoms with Crippen molar-refractivity contribution in [1.29, 1.82) is 0 Å². The van der Waals surface area contributed by atoms with E-state index < -0.39 is 29.8 Å². The summed E-state index contributed by atoms with van der Waals surface area (Å²) in [4.78, 5) is 40.0. The van der Waals surface area contributed by atoms with E-state index in [1.165, 1.54) is 11.9 Å². The summed E-state index contributed by atoms with van der Waals surface area (Å²) in [5.41, 5.74) is -0.975. The van der Waals surface area contributed by atoms with E-state index in [0.29, 0.717) is 23.7 Å². The van der Waals surface area contributed by atoms with E-state index in [1.807, 2.05) is 13.8 Å². The third-order valence-electron chi connectivity index (χ3n) is 9.10. The first-order valence-corrected chi connectivity index (χ1v) is 10.3. The first kappa shape index (κ1) is 17.2. The molecule has 8 nitrogen and oxygen atoms in total. The van der Waals surface area contributed by atoms with Crippen LogP contribution >= 0.6 is 0 Å². The molecule has 2 aliphatic heterocycles. The molecule has 2 amide bonds. The molecule has 7 rings (SSSR count). The SMILES string of the molecule is CC(C)N(CC(=O)N(C)CC(=O)O)C(=O)C12OC3(O)C4C5CC(C6C5C3C61)C42. The standard InChI is InChI=1S/C20H26N2O6/c1-7(2)22(5-10(23)21(3)6-11(24)25)18(26)19-14-8-4-9-13-12(8)16(19)17(13)20(27,28-19)15(9)14/h7-9,12-17,27H,4-6H2,1-3H3,(H,24,25). The van der Waals surface area contributed by atoms with Gasteiger partial charge < -0.3 is 24.7 Å². The highest BCUT2D eigenvalue weighted by molar-refractivity contribution is 5.93. The highest BCUT2D eigenvalue weighted by Gasteiger charge is 2.99. The van der Waals surface area contributed by atoms with E-state index in [4.69, 9.17) is 9.84 Å². The maximum Gasteiger partial charge on any atom is 0.323 e. The summed E-state index contributed by atoms with van der Waals surface area (Å²) in [7, 11) is 1.43. The third-order valence-corrected chi connectivity index (χ3v) is 9.10. The van der Waals surface area contributed by atoms with Gasteiger partial charge in [-0.25, -0.2) is 0 Å². The quantitative estimate of drug-likeness (QED) is 0.640. The van der Waals surface area contributed by atoms with Gasteiger partial charge in [-0.2, -0.15) is 0 Å². The molecule has 2 N–H and O–H groups in total. The molecular weight excluding hydrogens is 364 g/mol. The first-order chi connectivity index (χ1) is 13.1. The predicted molar refractivity (Wildman–Crippen MR) is 93.4 cm³/mol. The summed E-state index contributed by atoms with van der Waals surface area (Å²) in [6.07, 6.45) is 1.11. The Bertz CT molecular complexity index is 830. The molecule has 2 heterocycles. The van der Waals surface area contributed by atoms with E-state index in [0.717, 1.165) is 11.3 Å². The largest absolute Gasteiger partial charge is 0.480 e. The minimum Gasteiger partial charge on any atom is -0.480 e. The lowest BCUT2D eigenvalue weighted by atomic mass is 9.56. The summed E-state index contributed by atoms with van der Waals surface area (Å²) < 4.78 is 6.29. The topological polar surface area (TPSA) is 107 Å². The number of carboxylic acid groups (broad SMARTS) is 1. The van der Waals surface area contributed by atoms with Crippen molar-refractivity contribution in [2.24, 2.45) is 47.3 Å². The van der Waals surface area contributed by atoms with Crippen LogP contribution in [-0.4, -0.2) is 75.4 Å². The third kappa shape index (κ3) is 1.49. The molecule has 7 aliphatic rings. The second-order valence-electron chi connectivity index (χ2n) is 10.1. The lowest BCUT2D eigenvalue weighted by Gasteiger charge is -2.46. The highest BCUT2D eigenvalue weighted by Crippen LogP contribution is 2.92. The Morgan fingerprint density at radius 3 is 2.36 bits per heavy atom. The van der Waals surface area contributed by atoms with E-state index in [1.54, 1.807) is 0 Å². The van der Waals surface area contributed by atoms with Crippen LogP contribution in [-0.2, 0) is 19.1 Å².